The molecule has 0 radical (unpaired) electrons. The van der Waals surface area contributed by atoms with E-state index < -0.39 is 5.82 Å². The summed E-state index contributed by atoms with van der Waals surface area (Å²) in [5, 5.41) is 0.899. The van der Waals surface area contributed by atoms with Crippen molar-refractivity contribution in [3.8, 4) is 0 Å². The number of halogens is 2. The first-order chi connectivity index (χ1) is 9.54. The van der Waals surface area contributed by atoms with Crippen molar-refractivity contribution >= 4 is 38.9 Å². The first-order valence-corrected chi connectivity index (χ1v) is 7.11. The summed E-state index contributed by atoms with van der Waals surface area (Å²) in [6.07, 6.45) is 0. The van der Waals surface area contributed by atoms with Gasteiger partial charge in [0, 0.05) is 11.1 Å². The van der Waals surface area contributed by atoms with Gasteiger partial charge in [-0.1, -0.05) is 11.6 Å². The number of hydrogen-bond acceptors (Lipinski definition) is 3. The zero-order valence-corrected chi connectivity index (χ0v) is 12.1. The summed E-state index contributed by atoms with van der Waals surface area (Å²) in [5.74, 6) is -0.728. The third-order valence-electron chi connectivity index (χ3n) is 2.94. The molecule has 0 amide bonds. The van der Waals surface area contributed by atoms with E-state index in [1.165, 1.54) is 18.2 Å². The number of hydrogen-bond donors (Lipinski definition) is 0. The number of carbonyl (C=O) groups excluding carboxylic acids is 1. The number of thiazole rings is 1. The highest BCUT2D eigenvalue weighted by atomic mass is 35.5. The third kappa shape index (κ3) is 2.32. The molecule has 0 aliphatic heterocycles. The molecule has 3 rings (SSSR count). The number of carbonyl (C=O) groups is 1. The highest BCUT2D eigenvalue weighted by molar-refractivity contribution is 7.18. The van der Waals surface area contributed by atoms with Crippen LogP contribution in [0.15, 0.2) is 36.4 Å². The Balaban J connectivity index is 2.04. The maximum atomic E-state index is 13.1. The van der Waals surface area contributed by atoms with Crippen LogP contribution in [-0.4, -0.2) is 10.8 Å². The normalized spacial score (nSPS) is 10.9. The molecule has 0 saturated carbocycles. The van der Waals surface area contributed by atoms with E-state index in [1.807, 2.05) is 13.0 Å². The Morgan fingerprint density at radius 1 is 1.20 bits per heavy atom. The van der Waals surface area contributed by atoms with Gasteiger partial charge in [0.05, 0.1) is 20.2 Å². The highest BCUT2D eigenvalue weighted by Crippen LogP contribution is 2.24. The molecule has 0 aliphatic rings. The minimum absolute atomic E-state index is 0.0542. The van der Waals surface area contributed by atoms with Crippen molar-refractivity contribution in [3.05, 3.63) is 63.4 Å². The molecule has 3 aromatic rings. The predicted molar refractivity (Wildman–Crippen MR) is 79.2 cm³/mol. The largest absolute Gasteiger partial charge is 0.289 e. The summed E-state index contributed by atoms with van der Waals surface area (Å²) in [6.45, 7) is 1.92. The Hall–Kier alpha value is -1.78. The van der Waals surface area contributed by atoms with Crippen LogP contribution in [0.2, 0.25) is 5.02 Å². The second kappa shape index (κ2) is 4.96. The van der Waals surface area contributed by atoms with Crippen molar-refractivity contribution in [1.29, 1.82) is 0 Å². The van der Waals surface area contributed by atoms with E-state index in [2.05, 4.69) is 4.98 Å². The highest BCUT2D eigenvalue weighted by Gasteiger charge is 2.12. The topological polar surface area (TPSA) is 30.0 Å². The van der Waals surface area contributed by atoms with Crippen LogP contribution < -0.4 is 0 Å². The molecule has 0 atom stereocenters. The molecule has 20 heavy (non-hydrogen) atoms. The number of ketones is 1. The van der Waals surface area contributed by atoms with E-state index in [-0.39, 0.29) is 10.8 Å². The SMILES string of the molecule is Cc1nc2cc(C(=O)c3ccc(F)c(Cl)c3)ccc2s1. The summed E-state index contributed by atoms with van der Waals surface area (Å²) in [5.41, 5.74) is 1.68. The maximum Gasteiger partial charge on any atom is 0.193 e. The first kappa shape index (κ1) is 13.2. The van der Waals surface area contributed by atoms with Gasteiger partial charge in [0.15, 0.2) is 5.78 Å². The predicted octanol–water partition coefficient (Wildman–Crippen LogP) is 4.63. The van der Waals surface area contributed by atoms with E-state index >= 15 is 0 Å². The van der Waals surface area contributed by atoms with Gasteiger partial charge in [-0.15, -0.1) is 11.3 Å². The summed E-state index contributed by atoms with van der Waals surface area (Å²) in [4.78, 5) is 16.7. The molecule has 0 unspecified atom stereocenters. The molecule has 1 heterocycles. The quantitative estimate of drug-likeness (QED) is 0.646. The van der Waals surface area contributed by atoms with E-state index in [1.54, 1.807) is 23.5 Å². The molecule has 0 fully saturated rings. The number of nitrogens with zero attached hydrogens (tertiary/aromatic N) is 1. The van der Waals surface area contributed by atoms with Crippen molar-refractivity contribution in [2.75, 3.05) is 0 Å². The lowest BCUT2D eigenvalue weighted by Gasteiger charge is -2.02. The molecule has 0 spiro atoms. The maximum absolute atomic E-state index is 13.1. The molecule has 2 aromatic carbocycles. The van der Waals surface area contributed by atoms with Crippen LogP contribution in [-0.2, 0) is 0 Å². The van der Waals surface area contributed by atoms with Crippen LogP contribution in [0.4, 0.5) is 4.39 Å². The Labute approximate surface area is 123 Å². The van der Waals surface area contributed by atoms with Crippen LogP contribution in [0.1, 0.15) is 20.9 Å². The number of aromatic nitrogens is 1. The number of benzene rings is 2. The van der Waals surface area contributed by atoms with Gasteiger partial charge in [-0.3, -0.25) is 4.79 Å². The monoisotopic (exact) mass is 305 g/mol. The van der Waals surface area contributed by atoms with Crippen molar-refractivity contribution in [1.82, 2.24) is 4.98 Å². The smallest absolute Gasteiger partial charge is 0.193 e. The fourth-order valence-electron chi connectivity index (χ4n) is 1.99. The zero-order valence-electron chi connectivity index (χ0n) is 10.5. The van der Waals surface area contributed by atoms with Gasteiger partial charge in [-0.2, -0.15) is 0 Å². The van der Waals surface area contributed by atoms with Gasteiger partial charge in [0.25, 0.3) is 0 Å². The van der Waals surface area contributed by atoms with Gasteiger partial charge < -0.3 is 0 Å². The summed E-state index contributed by atoms with van der Waals surface area (Å²) >= 11 is 7.29. The second-order valence-corrected chi connectivity index (χ2v) is 6.02. The first-order valence-electron chi connectivity index (χ1n) is 5.91. The standard InChI is InChI=1S/C15H9ClFNOS/c1-8-18-13-7-10(3-5-14(13)20-8)15(19)9-2-4-12(17)11(16)6-9/h2-7H,1H3. The lowest BCUT2D eigenvalue weighted by atomic mass is 10.0. The van der Waals surface area contributed by atoms with Gasteiger partial charge in [0.1, 0.15) is 5.82 Å². The Morgan fingerprint density at radius 2 is 1.90 bits per heavy atom. The molecule has 1 aromatic heterocycles. The van der Waals surface area contributed by atoms with Crippen LogP contribution in [0.3, 0.4) is 0 Å². The van der Waals surface area contributed by atoms with E-state index in [4.69, 9.17) is 11.6 Å². The minimum atomic E-state index is -0.534. The summed E-state index contributed by atoms with van der Waals surface area (Å²) < 4.78 is 14.2. The molecular weight excluding hydrogens is 297 g/mol. The van der Waals surface area contributed by atoms with E-state index in [0.29, 0.717) is 11.1 Å². The van der Waals surface area contributed by atoms with Gasteiger partial charge in [0.2, 0.25) is 0 Å². The summed E-state index contributed by atoms with van der Waals surface area (Å²) in [6, 6.07) is 9.34. The molecule has 2 nitrogen and oxygen atoms in total. The molecule has 5 heteroatoms. The average molecular weight is 306 g/mol. The van der Waals surface area contributed by atoms with Crippen LogP contribution in [0, 0.1) is 12.7 Å². The van der Waals surface area contributed by atoms with Crippen molar-refractivity contribution in [2.45, 2.75) is 6.92 Å². The molecule has 0 bridgehead atoms. The molecular formula is C15H9ClFNOS. The number of fused-ring (bicyclic) bond motifs is 1. The van der Waals surface area contributed by atoms with Gasteiger partial charge >= 0.3 is 0 Å². The lowest BCUT2D eigenvalue weighted by Crippen LogP contribution is -2.01. The minimum Gasteiger partial charge on any atom is -0.289 e. The molecule has 100 valence electrons. The van der Waals surface area contributed by atoms with E-state index in [9.17, 15) is 9.18 Å². The van der Waals surface area contributed by atoms with Crippen molar-refractivity contribution < 1.29 is 9.18 Å². The third-order valence-corrected chi connectivity index (χ3v) is 4.18. The van der Waals surface area contributed by atoms with Crippen LogP contribution in [0.5, 0.6) is 0 Å². The molecule has 0 N–H and O–H groups in total. The Kier molecular flexibility index (Phi) is 3.28. The zero-order chi connectivity index (χ0) is 14.3. The number of rotatable bonds is 2. The van der Waals surface area contributed by atoms with Gasteiger partial charge in [-0.25, -0.2) is 9.37 Å². The Bertz CT molecular complexity index is 828. The van der Waals surface area contributed by atoms with Crippen LogP contribution >= 0.6 is 22.9 Å². The fourth-order valence-corrected chi connectivity index (χ4v) is 2.98. The molecule has 0 aliphatic carbocycles. The summed E-state index contributed by atoms with van der Waals surface area (Å²) in [7, 11) is 0. The van der Waals surface area contributed by atoms with Crippen LogP contribution in [0.25, 0.3) is 10.2 Å². The molecule has 0 saturated heterocycles. The van der Waals surface area contributed by atoms with Crippen molar-refractivity contribution in [2.24, 2.45) is 0 Å². The average Bonchev–Trinajstić information content (AvgIpc) is 2.80. The van der Waals surface area contributed by atoms with E-state index in [0.717, 1.165) is 15.2 Å². The van der Waals surface area contributed by atoms with Gasteiger partial charge in [-0.05, 0) is 43.3 Å². The second-order valence-electron chi connectivity index (χ2n) is 4.37. The fraction of sp³-hybridized carbons (Fsp3) is 0.0667. The Morgan fingerprint density at radius 3 is 2.65 bits per heavy atom. The van der Waals surface area contributed by atoms with Crippen molar-refractivity contribution in [3.63, 3.8) is 0 Å². The lowest BCUT2D eigenvalue weighted by molar-refractivity contribution is 0.103. The number of aryl methyl sites for hydroxylation is 1.